The van der Waals surface area contributed by atoms with Crippen molar-refractivity contribution in [3.05, 3.63) is 35.4 Å². The molecule has 0 spiro atoms. The zero-order valence-corrected chi connectivity index (χ0v) is 14.8. The fraction of sp³-hybridized carbons (Fsp3) is 0.500. The van der Waals surface area contributed by atoms with E-state index in [1.54, 1.807) is 5.92 Å². The second kappa shape index (κ2) is 7.55. The Morgan fingerprint density at radius 3 is 1.06 bits per heavy atom. The molecule has 0 aromatic heterocycles. The van der Waals surface area contributed by atoms with Crippen molar-refractivity contribution in [3.8, 4) is 12.3 Å². The first-order valence-electron chi connectivity index (χ1n) is 7.57. The van der Waals surface area contributed by atoms with Crippen LogP contribution in [0.15, 0.2) is 24.3 Å². The third-order valence-electron chi connectivity index (χ3n) is 4.14. The van der Waals surface area contributed by atoms with Gasteiger partial charge in [0.2, 0.25) is 0 Å². The van der Waals surface area contributed by atoms with Crippen LogP contribution >= 0.6 is 0 Å². The summed E-state index contributed by atoms with van der Waals surface area (Å²) in [5.41, 5.74) is -2.69. The Kier molecular flexibility index (Phi) is 6.55. The molecule has 1 aromatic rings. The molecule has 0 bridgehead atoms. The smallest absolute Gasteiger partial charge is 0.194 e. The van der Waals surface area contributed by atoms with Crippen LogP contribution in [0.5, 0.6) is 0 Å². The van der Waals surface area contributed by atoms with Crippen LogP contribution in [0, 0.1) is 12.3 Å². The molecule has 0 atom stereocenters. The van der Waals surface area contributed by atoms with E-state index in [4.69, 9.17) is 6.42 Å². The molecule has 33 heavy (non-hydrogen) atoms. The number of halogens is 17. The van der Waals surface area contributed by atoms with Gasteiger partial charge in [0.25, 0.3) is 0 Å². The van der Waals surface area contributed by atoms with Crippen LogP contribution in [-0.4, -0.2) is 41.7 Å². The van der Waals surface area contributed by atoms with E-state index in [1.165, 1.54) is 0 Å². The minimum Gasteiger partial charge on any atom is -0.194 e. The summed E-state index contributed by atoms with van der Waals surface area (Å²) < 4.78 is 224. The number of hydrogen-bond acceptors (Lipinski definition) is 0. The Morgan fingerprint density at radius 2 is 0.758 bits per heavy atom. The molecule has 0 radical (unpaired) electrons. The first kappa shape index (κ1) is 28.6. The van der Waals surface area contributed by atoms with Crippen molar-refractivity contribution < 1.29 is 74.6 Å². The Morgan fingerprint density at radius 1 is 0.455 bits per heavy atom. The third-order valence-corrected chi connectivity index (χ3v) is 4.14. The van der Waals surface area contributed by atoms with Gasteiger partial charge in [-0.05, 0) is 12.1 Å². The molecule has 0 aliphatic heterocycles. The number of benzene rings is 1. The highest BCUT2D eigenvalue weighted by molar-refractivity contribution is 5.36. The molecule has 0 N–H and O–H groups in total. The summed E-state index contributed by atoms with van der Waals surface area (Å²) in [6, 6.07) is 0.342. The van der Waals surface area contributed by atoms with E-state index in [9.17, 15) is 74.6 Å². The van der Waals surface area contributed by atoms with Gasteiger partial charge in [-0.25, -0.2) is 0 Å². The summed E-state index contributed by atoms with van der Waals surface area (Å²) in [5.74, 6) is -54.9. The van der Waals surface area contributed by atoms with E-state index < -0.39 is 53.2 Å². The van der Waals surface area contributed by atoms with E-state index in [0.29, 0.717) is 12.1 Å². The van der Waals surface area contributed by atoms with Crippen molar-refractivity contribution in [3.63, 3.8) is 0 Å². The summed E-state index contributed by atoms with van der Waals surface area (Å²) in [4.78, 5) is 0. The molecule has 0 nitrogen and oxygen atoms in total. The Labute approximate surface area is 171 Å². The van der Waals surface area contributed by atoms with Crippen LogP contribution in [-0.2, 0) is 5.92 Å². The second-order valence-electron chi connectivity index (χ2n) is 6.24. The Hall–Kier alpha value is -2.41. The minimum absolute atomic E-state index is 0.179. The lowest BCUT2D eigenvalue weighted by atomic mass is 9.87. The monoisotopic (exact) mass is 520 g/mol. The minimum atomic E-state index is -8.64. The second-order valence-corrected chi connectivity index (χ2v) is 6.24. The molecule has 0 saturated heterocycles. The average Bonchev–Trinajstić information content (AvgIpc) is 2.66. The lowest BCUT2D eigenvalue weighted by Crippen LogP contribution is -2.74. The van der Waals surface area contributed by atoms with Crippen molar-refractivity contribution in [1.29, 1.82) is 0 Å². The van der Waals surface area contributed by atoms with Crippen LogP contribution in [0.1, 0.15) is 11.1 Å². The molecule has 1 rings (SSSR count). The Bertz CT molecular complexity index is 898. The molecule has 0 saturated carbocycles. The predicted octanol–water partition coefficient (Wildman–Crippen LogP) is 7.13. The van der Waals surface area contributed by atoms with E-state index in [0.717, 1.165) is 0 Å². The summed E-state index contributed by atoms with van der Waals surface area (Å²) in [6.07, 6.45) is -3.01. The lowest BCUT2D eigenvalue weighted by molar-refractivity contribution is -0.462. The number of alkyl halides is 17. The Balaban J connectivity index is 3.70. The number of terminal acetylenes is 1. The van der Waals surface area contributed by atoms with Gasteiger partial charge in [-0.2, -0.15) is 74.6 Å². The summed E-state index contributed by atoms with van der Waals surface area (Å²) in [7, 11) is 0. The normalized spacial score (nSPS) is 15.4. The van der Waals surface area contributed by atoms with Gasteiger partial charge < -0.3 is 0 Å². The number of hydrogen-bond donors (Lipinski definition) is 0. The van der Waals surface area contributed by atoms with Gasteiger partial charge in [0.15, 0.2) is 0 Å². The molecular weight excluding hydrogens is 515 g/mol. The molecule has 0 fully saturated rings. The first-order valence-corrected chi connectivity index (χ1v) is 7.57. The van der Waals surface area contributed by atoms with Crippen molar-refractivity contribution in [1.82, 2.24) is 0 Å². The molecule has 188 valence electrons. The van der Waals surface area contributed by atoms with Gasteiger partial charge in [0, 0.05) is 11.1 Å². The summed E-state index contributed by atoms with van der Waals surface area (Å²) in [5, 5.41) is 0. The summed E-state index contributed by atoms with van der Waals surface area (Å²) >= 11 is 0. The molecule has 0 heterocycles. The van der Waals surface area contributed by atoms with E-state index >= 15 is 0 Å². The van der Waals surface area contributed by atoms with Crippen LogP contribution in [0.25, 0.3) is 0 Å². The van der Waals surface area contributed by atoms with Crippen LogP contribution in [0.4, 0.5) is 74.6 Å². The SMILES string of the molecule is C#Cc1ccc(C(F)(F)C(F)(F)C(F)(F)C(F)(F)C(F)(F)C(F)(F)C(F)(F)C(F)(F)F)cc1. The molecule has 0 amide bonds. The first-order chi connectivity index (χ1) is 14.3. The molecule has 0 unspecified atom stereocenters. The van der Waals surface area contributed by atoms with E-state index in [2.05, 4.69) is 0 Å². The lowest BCUT2D eigenvalue weighted by Gasteiger charge is -2.42. The van der Waals surface area contributed by atoms with Crippen molar-refractivity contribution in [2.75, 3.05) is 0 Å². The van der Waals surface area contributed by atoms with Crippen LogP contribution in [0.3, 0.4) is 0 Å². The fourth-order valence-corrected chi connectivity index (χ4v) is 2.12. The van der Waals surface area contributed by atoms with Gasteiger partial charge in [0.05, 0.1) is 0 Å². The topological polar surface area (TPSA) is 0 Å². The van der Waals surface area contributed by atoms with Gasteiger partial charge in [-0.3, -0.25) is 0 Å². The van der Waals surface area contributed by atoms with Gasteiger partial charge in [-0.1, -0.05) is 18.1 Å². The quantitative estimate of drug-likeness (QED) is 0.265. The average molecular weight is 520 g/mol. The van der Waals surface area contributed by atoms with Gasteiger partial charge >= 0.3 is 47.6 Å². The van der Waals surface area contributed by atoms with Crippen molar-refractivity contribution >= 4 is 0 Å². The largest absolute Gasteiger partial charge is 0.460 e. The molecular formula is C16H5F17. The van der Waals surface area contributed by atoms with Crippen LogP contribution < -0.4 is 0 Å². The highest BCUT2D eigenvalue weighted by Crippen LogP contribution is 2.64. The highest BCUT2D eigenvalue weighted by Gasteiger charge is 2.95. The third kappa shape index (κ3) is 3.65. The van der Waals surface area contributed by atoms with Crippen molar-refractivity contribution in [2.24, 2.45) is 0 Å². The predicted molar refractivity (Wildman–Crippen MR) is 74.0 cm³/mol. The number of rotatable bonds is 7. The van der Waals surface area contributed by atoms with Gasteiger partial charge in [0.1, 0.15) is 0 Å². The van der Waals surface area contributed by atoms with Crippen LogP contribution in [0.2, 0.25) is 0 Å². The standard InChI is InChI=1S/C16H5F17/c1-2-7-3-5-8(6-4-7)9(17,18)10(19,20)11(21,22)12(23,24)13(25,26)14(27,28)15(29,30)16(31,32)33/h1,3-6H. The molecule has 0 aliphatic carbocycles. The van der Waals surface area contributed by atoms with E-state index in [-0.39, 0.29) is 17.7 Å². The maximum atomic E-state index is 13.9. The zero-order chi connectivity index (χ0) is 26.7. The maximum Gasteiger partial charge on any atom is 0.460 e. The zero-order valence-electron chi connectivity index (χ0n) is 14.8. The van der Waals surface area contributed by atoms with Crippen molar-refractivity contribution in [2.45, 2.75) is 47.6 Å². The fourth-order valence-electron chi connectivity index (χ4n) is 2.12. The highest BCUT2D eigenvalue weighted by atomic mass is 19.4. The van der Waals surface area contributed by atoms with Gasteiger partial charge in [-0.15, -0.1) is 6.42 Å². The molecule has 1 aromatic carbocycles. The summed E-state index contributed by atoms with van der Waals surface area (Å²) in [6.45, 7) is 0. The maximum absolute atomic E-state index is 13.9. The molecule has 17 heteroatoms. The van der Waals surface area contributed by atoms with E-state index in [1.807, 2.05) is 0 Å². The molecule has 0 aliphatic rings.